The molecule has 5 aliphatic rings. The molecule has 43 heavy (non-hydrogen) atoms. The van der Waals surface area contributed by atoms with Crippen LogP contribution in [0.1, 0.15) is 55.4 Å². The van der Waals surface area contributed by atoms with Crippen LogP contribution in [0, 0.1) is 41.9 Å². The van der Waals surface area contributed by atoms with E-state index in [0.29, 0.717) is 35.3 Å². The summed E-state index contributed by atoms with van der Waals surface area (Å²) in [6, 6.07) is 9.45. The number of fused-ring (bicyclic) bond motifs is 5. The first-order valence-electron chi connectivity index (χ1n) is 15.6. The molecule has 1 heterocycles. The number of hydrogen-bond donors (Lipinski definition) is 0. The topological polar surface area (TPSA) is 17.3 Å². The van der Waals surface area contributed by atoms with Gasteiger partial charge in [-0.05, 0) is 61.6 Å². The van der Waals surface area contributed by atoms with E-state index >= 15 is 0 Å². The zero-order chi connectivity index (χ0) is 30.8. The van der Waals surface area contributed by atoms with Crippen LogP contribution in [0.4, 0.5) is 0 Å². The minimum atomic E-state index is -2.06. The molecule has 4 aliphatic carbocycles. The number of rotatable bonds is 2. The Bertz CT molecular complexity index is 1390. The van der Waals surface area contributed by atoms with Crippen LogP contribution in [-0.2, 0) is 17.0 Å². The molecule has 234 valence electrons. The Labute approximate surface area is 280 Å². The van der Waals surface area contributed by atoms with Crippen LogP contribution >= 0.6 is 18.6 Å². The van der Waals surface area contributed by atoms with Crippen LogP contribution in [0.2, 0.25) is 18.6 Å². The fraction of sp³-hybridized carbons (Fsp3) is 0.541. The summed E-state index contributed by atoms with van der Waals surface area (Å²) in [5, 5.41) is 8.20. The van der Waals surface area contributed by atoms with Crippen LogP contribution in [0.15, 0.2) is 71.9 Å². The molecule has 1 aromatic rings. The van der Waals surface area contributed by atoms with E-state index < -0.39 is 25.3 Å². The predicted octanol–water partition coefficient (Wildman–Crippen LogP) is 9.39. The second kappa shape index (κ2) is 12.5. The van der Waals surface area contributed by atoms with Crippen LogP contribution in [0.3, 0.4) is 0 Å². The molecule has 6 heteroatoms. The Morgan fingerprint density at radius 1 is 0.767 bits per heavy atom. The van der Waals surface area contributed by atoms with Crippen molar-refractivity contribution in [1.82, 2.24) is 4.57 Å². The van der Waals surface area contributed by atoms with Gasteiger partial charge in [0.25, 0.3) is 0 Å². The van der Waals surface area contributed by atoms with Gasteiger partial charge in [-0.1, -0.05) is 153 Å². The molecule has 1 aromatic carbocycles. The summed E-state index contributed by atoms with van der Waals surface area (Å²) in [6.07, 6.45) is 20.5. The average Bonchev–Trinajstić information content (AvgIpc) is 3.36. The van der Waals surface area contributed by atoms with Crippen molar-refractivity contribution in [1.29, 1.82) is 0 Å². The molecule has 2 fully saturated rings. The number of nitrogens with zero attached hydrogens (tertiary/aromatic N) is 2. The van der Waals surface area contributed by atoms with Gasteiger partial charge >= 0.3 is 35.6 Å². The number of allylic oxidation sites excluding steroid dienone is 8. The summed E-state index contributed by atoms with van der Waals surface area (Å²) in [7, 11) is 7.71. The molecule has 5 unspecified atom stereocenters. The fourth-order valence-corrected chi connectivity index (χ4v) is 14.2. The molecule has 0 aromatic heterocycles. The first kappa shape index (κ1) is 35.2. The summed E-state index contributed by atoms with van der Waals surface area (Å²) in [5.74, 6) is 2.28. The van der Waals surface area contributed by atoms with Crippen LogP contribution in [0.25, 0.3) is 17.5 Å². The third-order valence-corrected chi connectivity index (χ3v) is 15.0. The van der Waals surface area contributed by atoms with Gasteiger partial charge in [0.2, 0.25) is 0 Å². The second-order valence-electron chi connectivity index (χ2n) is 16.0. The Morgan fingerprint density at radius 2 is 1.21 bits per heavy atom. The van der Waals surface area contributed by atoms with Crippen molar-refractivity contribution < 1.29 is 17.0 Å². The molecule has 0 bridgehead atoms. The molecular formula is C37H52Cl2N2SiTi-2. The Balaban J connectivity index is 0.00000102. The maximum absolute atomic E-state index is 5.49. The molecule has 6 rings (SSSR count). The Hall–Kier alpha value is -0.649. The molecule has 0 radical (unpaired) electrons. The number of benzene rings is 1. The summed E-state index contributed by atoms with van der Waals surface area (Å²) in [6.45, 7) is 24.4. The Morgan fingerprint density at radius 3 is 1.65 bits per heavy atom. The van der Waals surface area contributed by atoms with E-state index in [-0.39, 0.29) is 30.0 Å². The van der Waals surface area contributed by atoms with Gasteiger partial charge in [-0.25, -0.2) is 0 Å². The standard InChI is InChI=1S/C36H49N2Si.CH3.2ClH.Ti/c1-34(2,3)25-15-17-27-28-18-16-26(35(4,5)6)22-30(28)33(29(27)21-25)39(9,10)38-32-20-24-14-12-11-13-23(24)19-31(32)37-36(38,7)8;;;;/h11-22,27-33H,1-10H3;1H3;2*1H;/q2*-1;;;+2/p-2/t27?,28?,29?,30?,31?,32-,33?;;;;/m1..../s1. The van der Waals surface area contributed by atoms with Crippen molar-refractivity contribution in [2.24, 2.45) is 34.5 Å². The molecular weight excluding hydrogens is 619 g/mol. The van der Waals surface area contributed by atoms with Gasteiger partial charge in [0.05, 0.1) is 0 Å². The van der Waals surface area contributed by atoms with E-state index in [1.165, 1.54) is 21.6 Å². The molecule has 0 spiro atoms. The van der Waals surface area contributed by atoms with Crippen molar-refractivity contribution in [3.05, 3.63) is 95.0 Å². The molecule has 6 atom stereocenters. The number of halogens is 2. The van der Waals surface area contributed by atoms with Gasteiger partial charge in [0.1, 0.15) is 8.24 Å². The SMILES string of the molecule is CC(C)(C)C1=CC2C(C=C1)C1C=CC(C(C)(C)C)=CC1C2[Si](C)(C)N1[C@@H]2C=c3ccccc3=CC2[N-]C1(C)C.[CH3-].[Cl][Ti][Cl]. The third kappa shape index (κ3) is 6.49. The predicted molar refractivity (Wildman–Crippen MR) is 188 cm³/mol. The molecule has 1 saturated heterocycles. The second-order valence-corrected chi connectivity index (χ2v) is 23.0. The van der Waals surface area contributed by atoms with Crippen molar-refractivity contribution in [3.8, 4) is 0 Å². The van der Waals surface area contributed by atoms with E-state index in [2.05, 4.69) is 146 Å². The summed E-state index contributed by atoms with van der Waals surface area (Å²) >= 11 is -0.556. The number of hydrogen-bond acceptors (Lipinski definition) is 1. The molecule has 2 nitrogen and oxygen atoms in total. The van der Waals surface area contributed by atoms with E-state index in [1.54, 1.807) is 0 Å². The van der Waals surface area contributed by atoms with Crippen molar-refractivity contribution >= 4 is 39.0 Å². The van der Waals surface area contributed by atoms with Crippen LogP contribution < -0.4 is 10.4 Å². The molecule has 1 saturated carbocycles. The summed E-state index contributed by atoms with van der Waals surface area (Å²) < 4.78 is 2.94. The van der Waals surface area contributed by atoms with E-state index in [1.807, 2.05) is 0 Å². The van der Waals surface area contributed by atoms with Crippen molar-refractivity contribution in [2.75, 3.05) is 0 Å². The third-order valence-electron chi connectivity index (χ3n) is 10.5. The quantitative estimate of drug-likeness (QED) is 0.226. The first-order valence-corrected chi connectivity index (χ1v) is 22.9. The Kier molecular flexibility index (Phi) is 10.2. The minimum absolute atomic E-state index is 0. The fourth-order valence-electron chi connectivity index (χ4n) is 8.85. The van der Waals surface area contributed by atoms with E-state index in [4.69, 9.17) is 23.9 Å². The van der Waals surface area contributed by atoms with Gasteiger partial charge in [-0.2, -0.15) is 0 Å². The molecule has 0 N–H and O–H groups in total. The molecule has 0 amide bonds. The first-order chi connectivity index (χ1) is 19.5. The van der Waals surface area contributed by atoms with Gasteiger partial charge in [-0.15, -0.1) is 0 Å². The zero-order valence-corrected chi connectivity index (χ0v) is 32.2. The van der Waals surface area contributed by atoms with Crippen molar-refractivity contribution in [2.45, 2.75) is 91.8 Å². The van der Waals surface area contributed by atoms with Crippen LogP contribution in [0.5, 0.6) is 0 Å². The van der Waals surface area contributed by atoms with Crippen molar-refractivity contribution in [3.63, 3.8) is 0 Å². The van der Waals surface area contributed by atoms with Crippen LogP contribution in [-0.4, -0.2) is 30.5 Å². The normalized spacial score (nSPS) is 32.2. The van der Waals surface area contributed by atoms with Gasteiger partial charge in [0, 0.05) is 6.04 Å². The summed E-state index contributed by atoms with van der Waals surface area (Å²) in [4.78, 5) is 0. The van der Waals surface area contributed by atoms with E-state index in [0.717, 1.165) is 0 Å². The molecule has 1 aliphatic heterocycles. The van der Waals surface area contributed by atoms with Gasteiger partial charge in [-0.3, -0.25) is 0 Å². The average molecular weight is 672 g/mol. The zero-order valence-electron chi connectivity index (χ0n) is 28.1. The van der Waals surface area contributed by atoms with Gasteiger partial charge < -0.3 is 17.3 Å². The monoisotopic (exact) mass is 670 g/mol. The summed E-state index contributed by atoms with van der Waals surface area (Å²) in [5.41, 5.74) is 3.78. The maximum atomic E-state index is 5.49. The van der Waals surface area contributed by atoms with E-state index in [9.17, 15) is 0 Å². The van der Waals surface area contributed by atoms with Gasteiger partial charge in [0.15, 0.2) is 0 Å².